The van der Waals surface area contributed by atoms with Crippen molar-refractivity contribution in [1.82, 2.24) is 10.2 Å². The predicted molar refractivity (Wildman–Crippen MR) is 86.8 cm³/mol. The Morgan fingerprint density at radius 2 is 1.80 bits per heavy atom. The number of halogens is 6. The number of piperazine rings is 1. The van der Waals surface area contributed by atoms with E-state index in [-0.39, 0.29) is 24.8 Å². The van der Waals surface area contributed by atoms with E-state index in [4.69, 9.17) is 11.6 Å². The van der Waals surface area contributed by atoms with E-state index in [2.05, 4.69) is 21.2 Å². The van der Waals surface area contributed by atoms with Gasteiger partial charge in [-0.2, -0.15) is 0 Å². The lowest BCUT2D eigenvalue weighted by Gasteiger charge is -2.35. The number of nitrogens with zero attached hydrogens (tertiary/aromatic N) is 1. The van der Waals surface area contributed by atoms with E-state index in [1.54, 1.807) is 18.2 Å². The standard InChI is InChI=1S/C12H14BrClF2N2.2ClH/c13-10-7-8(14)1-2-9(10)11(12(15)16)18-5-3-17-4-6-18;;/h1-2,7,11-12,17H,3-6H2;2*1H/t11-;;/m0../s1. The Kier molecular flexibility index (Phi) is 9.55. The summed E-state index contributed by atoms with van der Waals surface area (Å²) >= 11 is 9.17. The first kappa shape index (κ1) is 20.3. The van der Waals surface area contributed by atoms with Crippen LogP contribution in [0.2, 0.25) is 5.02 Å². The van der Waals surface area contributed by atoms with Gasteiger partial charge in [0, 0.05) is 35.7 Å². The molecule has 1 heterocycles. The van der Waals surface area contributed by atoms with Gasteiger partial charge in [0.1, 0.15) is 0 Å². The molecule has 1 aromatic rings. The van der Waals surface area contributed by atoms with E-state index in [0.29, 0.717) is 28.1 Å². The van der Waals surface area contributed by atoms with Gasteiger partial charge in [0.15, 0.2) is 0 Å². The number of alkyl halides is 2. The van der Waals surface area contributed by atoms with Gasteiger partial charge < -0.3 is 5.32 Å². The van der Waals surface area contributed by atoms with Crippen molar-refractivity contribution in [2.75, 3.05) is 26.2 Å². The van der Waals surface area contributed by atoms with Crippen molar-refractivity contribution < 1.29 is 8.78 Å². The summed E-state index contributed by atoms with van der Waals surface area (Å²) in [4.78, 5) is 1.81. The van der Waals surface area contributed by atoms with Gasteiger partial charge in [-0.3, -0.25) is 4.90 Å². The van der Waals surface area contributed by atoms with Crippen molar-refractivity contribution in [2.24, 2.45) is 0 Å². The lowest BCUT2D eigenvalue weighted by atomic mass is 10.0. The zero-order valence-electron chi connectivity index (χ0n) is 10.5. The fourth-order valence-corrected chi connectivity index (χ4v) is 3.11. The molecule has 8 heteroatoms. The minimum absolute atomic E-state index is 0. The highest BCUT2D eigenvalue weighted by Gasteiger charge is 2.31. The molecule has 2 rings (SSSR count). The number of hydrogen-bond donors (Lipinski definition) is 1. The fraction of sp³-hybridized carbons (Fsp3) is 0.500. The minimum atomic E-state index is -2.42. The van der Waals surface area contributed by atoms with Gasteiger partial charge in [0.2, 0.25) is 0 Å². The van der Waals surface area contributed by atoms with Crippen molar-refractivity contribution in [3.63, 3.8) is 0 Å². The zero-order chi connectivity index (χ0) is 13.1. The highest BCUT2D eigenvalue weighted by molar-refractivity contribution is 9.10. The minimum Gasteiger partial charge on any atom is -0.314 e. The first-order valence-corrected chi connectivity index (χ1v) is 6.94. The Balaban J connectivity index is 0.00000180. The van der Waals surface area contributed by atoms with Gasteiger partial charge in [0.05, 0.1) is 6.04 Å². The molecule has 0 unspecified atom stereocenters. The third kappa shape index (κ3) is 4.97. The first-order chi connectivity index (χ1) is 8.59. The molecule has 2 nitrogen and oxygen atoms in total. The number of nitrogens with one attached hydrogen (secondary N) is 1. The summed E-state index contributed by atoms with van der Waals surface area (Å²) in [5.41, 5.74) is 0.594. The van der Waals surface area contributed by atoms with Gasteiger partial charge >= 0.3 is 0 Å². The molecule has 1 fully saturated rings. The summed E-state index contributed by atoms with van der Waals surface area (Å²) in [5.74, 6) is 0. The van der Waals surface area contributed by atoms with Crippen molar-refractivity contribution in [1.29, 1.82) is 0 Å². The molecule has 1 saturated heterocycles. The highest BCUT2D eigenvalue weighted by Crippen LogP contribution is 2.34. The maximum atomic E-state index is 13.3. The van der Waals surface area contributed by atoms with E-state index >= 15 is 0 Å². The van der Waals surface area contributed by atoms with Crippen LogP contribution < -0.4 is 5.32 Å². The Morgan fingerprint density at radius 3 is 2.30 bits per heavy atom. The van der Waals surface area contributed by atoms with E-state index in [1.807, 2.05) is 4.90 Å². The Labute approximate surface area is 143 Å². The molecule has 116 valence electrons. The molecule has 0 amide bonds. The SMILES string of the molecule is Cl.Cl.FC(F)[C@H](c1ccc(Cl)cc1Br)N1CCNCC1. The molecule has 20 heavy (non-hydrogen) atoms. The van der Waals surface area contributed by atoms with E-state index in [1.165, 1.54) is 0 Å². The summed E-state index contributed by atoms with van der Waals surface area (Å²) < 4.78 is 27.3. The summed E-state index contributed by atoms with van der Waals surface area (Å²) in [7, 11) is 0. The van der Waals surface area contributed by atoms with Crippen molar-refractivity contribution >= 4 is 52.3 Å². The average molecular weight is 413 g/mol. The topological polar surface area (TPSA) is 15.3 Å². The normalized spacial score (nSPS) is 17.2. The lowest BCUT2D eigenvalue weighted by Crippen LogP contribution is -2.47. The molecular formula is C12H16BrCl3F2N2. The van der Waals surface area contributed by atoms with Crippen LogP contribution in [0.25, 0.3) is 0 Å². The smallest absolute Gasteiger partial charge is 0.258 e. The predicted octanol–water partition coefficient (Wildman–Crippen LogP) is 4.16. The average Bonchev–Trinajstić information content (AvgIpc) is 2.33. The molecule has 0 bridgehead atoms. The maximum Gasteiger partial charge on any atom is 0.258 e. The number of benzene rings is 1. The second-order valence-electron chi connectivity index (χ2n) is 4.23. The lowest BCUT2D eigenvalue weighted by molar-refractivity contribution is 0.0178. The third-order valence-electron chi connectivity index (χ3n) is 3.06. The van der Waals surface area contributed by atoms with Crippen LogP contribution in [-0.2, 0) is 0 Å². The summed E-state index contributed by atoms with van der Waals surface area (Å²) in [6.45, 7) is 2.75. The maximum absolute atomic E-state index is 13.3. The molecule has 0 spiro atoms. The van der Waals surface area contributed by atoms with Crippen molar-refractivity contribution in [3.05, 3.63) is 33.3 Å². The van der Waals surface area contributed by atoms with Gasteiger partial charge in [-0.25, -0.2) is 8.78 Å². The monoisotopic (exact) mass is 410 g/mol. The Morgan fingerprint density at radius 1 is 1.20 bits per heavy atom. The van der Waals surface area contributed by atoms with Crippen LogP contribution in [0.4, 0.5) is 8.78 Å². The third-order valence-corrected chi connectivity index (χ3v) is 3.99. The Bertz CT molecular complexity index is 418. The zero-order valence-corrected chi connectivity index (χ0v) is 14.5. The first-order valence-electron chi connectivity index (χ1n) is 5.77. The summed E-state index contributed by atoms with van der Waals surface area (Å²) in [6.07, 6.45) is -2.42. The van der Waals surface area contributed by atoms with Crippen LogP contribution in [0.5, 0.6) is 0 Å². The quantitative estimate of drug-likeness (QED) is 0.802. The molecule has 1 N–H and O–H groups in total. The van der Waals surface area contributed by atoms with Gasteiger partial charge in [-0.1, -0.05) is 33.6 Å². The van der Waals surface area contributed by atoms with Crippen LogP contribution in [0.1, 0.15) is 11.6 Å². The van der Waals surface area contributed by atoms with Crippen LogP contribution in [0.15, 0.2) is 22.7 Å². The van der Waals surface area contributed by atoms with Gasteiger partial charge in [0.25, 0.3) is 6.43 Å². The molecule has 0 aromatic heterocycles. The molecule has 1 aliphatic rings. The van der Waals surface area contributed by atoms with Crippen LogP contribution >= 0.6 is 52.3 Å². The Hall–Kier alpha value is 0.350. The van der Waals surface area contributed by atoms with Crippen LogP contribution in [0, 0.1) is 0 Å². The van der Waals surface area contributed by atoms with E-state index in [0.717, 1.165) is 13.1 Å². The van der Waals surface area contributed by atoms with E-state index in [9.17, 15) is 8.78 Å². The van der Waals surface area contributed by atoms with Crippen molar-refractivity contribution in [2.45, 2.75) is 12.5 Å². The van der Waals surface area contributed by atoms with Gasteiger partial charge in [-0.15, -0.1) is 24.8 Å². The summed E-state index contributed by atoms with van der Waals surface area (Å²) in [5, 5.41) is 3.71. The largest absolute Gasteiger partial charge is 0.314 e. The van der Waals surface area contributed by atoms with Crippen LogP contribution in [-0.4, -0.2) is 37.5 Å². The van der Waals surface area contributed by atoms with E-state index < -0.39 is 12.5 Å². The molecule has 0 saturated carbocycles. The molecule has 1 atom stereocenters. The molecular weight excluding hydrogens is 396 g/mol. The van der Waals surface area contributed by atoms with Crippen molar-refractivity contribution in [3.8, 4) is 0 Å². The molecule has 0 radical (unpaired) electrons. The number of hydrogen-bond acceptors (Lipinski definition) is 2. The highest BCUT2D eigenvalue weighted by atomic mass is 79.9. The second-order valence-corrected chi connectivity index (χ2v) is 5.52. The molecule has 1 aliphatic heterocycles. The molecule has 1 aromatic carbocycles. The number of rotatable bonds is 3. The second kappa shape index (κ2) is 9.38. The molecule has 0 aliphatic carbocycles. The summed E-state index contributed by atoms with van der Waals surface area (Å²) in [6, 6.07) is 4.11. The fourth-order valence-electron chi connectivity index (χ4n) is 2.19. The van der Waals surface area contributed by atoms with Crippen LogP contribution in [0.3, 0.4) is 0 Å². The van der Waals surface area contributed by atoms with Gasteiger partial charge in [-0.05, 0) is 17.7 Å².